The number of nitrogens with two attached hydrogens (primary N) is 1. The van der Waals surface area contributed by atoms with Crippen LogP contribution in [0.3, 0.4) is 0 Å². The van der Waals surface area contributed by atoms with Gasteiger partial charge in [-0.25, -0.2) is 0 Å². The molecule has 1 aliphatic rings. The van der Waals surface area contributed by atoms with Gasteiger partial charge in [0.05, 0.1) is 6.04 Å². The van der Waals surface area contributed by atoms with Crippen LogP contribution in [-0.2, 0) is 0 Å². The molecule has 0 aliphatic carbocycles. The standard InChI is InChI=1S/C12H16Cl2N2S2/c1-7-12(18-5-4-17-7)11(16-15)9-6-8(13)2-3-10(9)14/h2-3,6-7,11-12,16H,4-5,15H2,1H3. The van der Waals surface area contributed by atoms with Crippen LogP contribution in [0.4, 0.5) is 0 Å². The Hall–Kier alpha value is 0.420. The van der Waals surface area contributed by atoms with Crippen molar-refractivity contribution in [2.45, 2.75) is 23.5 Å². The van der Waals surface area contributed by atoms with E-state index in [0.29, 0.717) is 20.5 Å². The molecule has 1 aliphatic heterocycles. The van der Waals surface area contributed by atoms with Crippen LogP contribution in [0.2, 0.25) is 10.0 Å². The summed E-state index contributed by atoms with van der Waals surface area (Å²) in [6.07, 6.45) is 0. The molecule has 0 saturated carbocycles. The van der Waals surface area contributed by atoms with Crippen molar-refractivity contribution >= 4 is 46.7 Å². The zero-order valence-corrected chi connectivity index (χ0v) is 13.2. The molecule has 2 rings (SSSR count). The highest BCUT2D eigenvalue weighted by Gasteiger charge is 2.31. The Balaban J connectivity index is 2.29. The van der Waals surface area contributed by atoms with E-state index in [2.05, 4.69) is 12.3 Å². The first-order valence-corrected chi connectivity index (χ1v) is 8.63. The first-order valence-electron chi connectivity index (χ1n) is 5.77. The molecule has 1 aromatic rings. The van der Waals surface area contributed by atoms with Crippen LogP contribution in [0.1, 0.15) is 18.5 Å². The monoisotopic (exact) mass is 322 g/mol. The minimum atomic E-state index is 0.0315. The maximum Gasteiger partial charge on any atom is 0.0604 e. The van der Waals surface area contributed by atoms with Crippen LogP contribution in [0, 0.1) is 0 Å². The predicted octanol–water partition coefficient (Wildman–Crippen LogP) is 3.73. The summed E-state index contributed by atoms with van der Waals surface area (Å²) in [5, 5.41) is 2.35. The van der Waals surface area contributed by atoms with Gasteiger partial charge in [-0.1, -0.05) is 30.1 Å². The van der Waals surface area contributed by atoms with E-state index in [1.54, 1.807) is 6.07 Å². The molecule has 0 amide bonds. The summed E-state index contributed by atoms with van der Waals surface area (Å²) in [7, 11) is 0. The van der Waals surface area contributed by atoms with E-state index in [-0.39, 0.29) is 6.04 Å². The van der Waals surface area contributed by atoms with E-state index in [9.17, 15) is 0 Å². The molecule has 3 N–H and O–H groups in total. The van der Waals surface area contributed by atoms with Gasteiger partial charge in [-0.2, -0.15) is 23.5 Å². The Morgan fingerprint density at radius 1 is 1.33 bits per heavy atom. The van der Waals surface area contributed by atoms with Crippen LogP contribution in [0.25, 0.3) is 0 Å². The quantitative estimate of drug-likeness (QED) is 0.656. The van der Waals surface area contributed by atoms with E-state index in [4.69, 9.17) is 29.0 Å². The molecule has 1 saturated heterocycles. The average Bonchev–Trinajstić information content (AvgIpc) is 2.36. The maximum absolute atomic E-state index is 6.27. The molecule has 6 heteroatoms. The molecule has 0 spiro atoms. The lowest BCUT2D eigenvalue weighted by Gasteiger charge is -2.34. The Labute approximate surface area is 126 Å². The molecule has 18 heavy (non-hydrogen) atoms. The molecule has 100 valence electrons. The Bertz CT molecular complexity index is 417. The third-order valence-electron chi connectivity index (χ3n) is 3.04. The summed E-state index contributed by atoms with van der Waals surface area (Å²) in [5.74, 6) is 8.09. The minimum Gasteiger partial charge on any atom is -0.271 e. The summed E-state index contributed by atoms with van der Waals surface area (Å²) >= 11 is 16.3. The van der Waals surface area contributed by atoms with Crippen molar-refractivity contribution < 1.29 is 0 Å². The summed E-state index contributed by atoms with van der Waals surface area (Å²) < 4.78 is 0. The number of benzene rings is 1. The fraction of sp³-hybridized carbons (Fsp3) is 0.500. The van der Waals surface area contributed by atoms with Gasteiger partial charge in [-0.05, 0) is 23.8 Å². The maximum atomic E-state index is 6.27. The molecule has 1 aromatic carbocycles. The third kappa shape index (κ3) is 3.30. The van der Waals surface area contributed by atoms with E-state index < -0.39 is 0 Å². The van der Waals surface area contributed by atoms with Gasteiger partial charge in [0.2, 0.25) is 0 Å². The van der Waals surface area contributed by atoms with Crippen LogP contribution in [0.5, 0.6) is 0 Å². The molecule has 0 bridgehead atoms. The first-order chi connectivity index (χ1) is 8.63. The molecule has 3 unspecified atom stereocenters. The number of hydrogen-bond donors (Lipinski definition) is 2. The third-order valence-corrected chi connectivity index (χ3v) is 6.81. The lowest BCUT2D eigenvalue weighted by atomic mass is 10.0. The summed E-state index contributed by atoms with van der Waals surface area (Å²) in [5.41, 5.74) is 3.89. The lowest BCUT2D eigenvalue weighted by molar-refractivity contribution is 0.527. The molecule has 0 aromatic heterocycles. The summed E-state index contributed by atoms with van der Waals surface area (Å²) in [6, 6.07) is 5.56. The lowest BCUT2D eigenvalue weighted by Crippen LogP contribution is -2.41. The first kappa shape index (κ1) is 14.8. The van der Waals surface area contributed by atoms with Crippen LogP contribution in [-0.4, -0.2) is 22.0 Å². The van der Waals surface area contributed by atoms with E-state index >= 15 is 0 Å². The van der Waals surface area contributed by atoms with Crippen LogP contribution >= 0.6 is 46.7 Å². The van der Waals surface area contributed by atoms with E-state index in [1.165, 1.54) is 5.75 Å². The molecule has 1 fully saturated rings. The number of thioether (sulfide) groups is 2. The van der Waals surface area contributed by atoms with Gasteiger partial charge in [0.15, 0.2) is 0 Å². The Kier molecular flexibility index (Phi) is 5.54. The van der Waals surface area contributed by atoms with Crippen molar-refractivity contribution in [1.82, 2.24) is 5.43 Å². The normalized spacial score (nSPS) is 26.0. The zero-order chi connectivity index (χ0) is 13.1. The molecule has 2 nitrogen and oxygen atoms in total. The van der Waals surface area contributed by atoms with Gasteiger partial charge in [-0.3, -0.25) is 11.3 Å². The summed E-state index contributed by atoms with van der Waals surface area (Å²) in [4.78, 5) is 0. The average molecular weight is 323 g/mol. The predicted molar refractivity (Wildman–Crippen MR) is 84.7 cm³/mol. The molecule has 0 radical (unpaired) electrons. The Morgan fingerprint density at radius 2 is 2.06 bits per heavy atom. The van der Waals surface area contributed by atoms with Gasteiger partial charge < -0.3 is 0 Å². The van der Waals surface area contributed by atoms with Crippen LogP contribution in [0.15, 0.2) is 18.2 Å². The van der Waals surface area contributed by atoms with Crippen molar-refractivity contribution in [1.29, 1.82) is 0 Å². The van der Waals surface area contributed by atoms with Crippen molar-refractivity contribution in [3.05, 3.63) is 33.8 Å². The highest BCUT2D eigenvalue weighted by molar-refractivity contribution is 8.07. The zero-order valence-electron chi connectivity index (χ0n) is 10.0. The number of hydrogen-bond acceptors (Lipinski definition) is 4. The van der Waals surface area contributed by atoms with Gasteiger partial charge in [0.25, 0.3) is 0 Å². The fourth-order valence-corrected chi connectivity index (χ4v) is 5.47. The summed E-state index contributed by atoms with van der Waals surface area (Å²) in [6.45, 7) is 2.24. The molecular weight excluding hydrogens is 307 g/mol. The van der Waals surface area contributed by atoms with Gasteiger partial charge >= 0.3 is 0 Å². The van der Waals surface area contributed by atoms with Crippen molar-refractivity contribution in [3.8, 4) is 0 Å². The SMILES string of the molecule is CC1SCCSC1C(NN)c1cc(Cl)ccc1Cl. The number of halogens is 2. The van der Waals surface area contributed by atoms with Gasteiger partial charge in [-0.15, -0.1) is 0 Å². The number of hydrazine groups is 1. The highest BCUT2D eigenvalue weighted by Crippen LogP contribution is 2.40. The molecular formula is C12H16Cl2N2S2. The van der Waals surface area contributed by atoms with Gasteiger partial charge in [0, 0.05) is 32.1 Å². The van der Waals surface area contributed by atoms with E-state index in [1.807, 2.05) is 35.7 Å². The second kappa shape index (κ2) is 6.73. The largest absolute Gasteiger partial charge is 0.271 e. The van der Waals surface area contributed by atoms with Crippen molar-refractivity contribution in [2.24, 2.45) is 5.84 Å². The molecule has 1 heterocycles. The van der Waals surface area contributed by atoms with Crippen molar-refractivity contribution in [3.63, 3.8) is 0 Å². The second-order valence-electron chi connectivity index (χ2n) is 4.22. The Morgan fingerprint density at radius 3 is 2.72 bits per heavy atom. The van der Waals surface area contributed by atoms with Crippen LogP contribution < -0.4 is 11.3 Å². The molecule has 3 atom stereocenters. The second-order valence-corrected chi connectivity index (χ2v) is 7.84. The fourth-order valence-electron chi connectivity index (χ4n) is 2.13. The van der Waals surface area contributed by atoms with Gasteiger partial charge in [0.1, 0.15) is 0 Å². The number of rotatable bonds is 3. The smallest absolute Gasteiger partial charge is 0.0604 e. The highest BCUT2D eigenvalue weighted by atomic mass is 35.5. The van der Waals surface area contributed by atoms with Crippen molar-refractivity contribution in [2.75, 3.05) is 11.5 Å². The topological polar surface area (TPSA) is 38.0 Å². The minimum absolute atomic E-state index is 0.0315. The van der Waals surface area contributed by atoms with E-state index in [0.717, 1.165) is 11.3 Å². The number of nitrogens with one attached hydrogen (secondary N) is 1.